The van der Waals surface area contributed by atoms with E-state index in [2.05, 4.69) is 5.32 Å². The molecule has 1 saturated carbocycles. The van der Waals surface area contributed by atoms with E-state index < -0.39 is 0 Å². The number of rotatable bonds is 5. The Labute approximate surface area is 135 Å². The molecule has 0 unspecified atom stereocenters. The SMILES string of the molecule is COc1ccc(CC(=O)NC2(c3ccc(F)cc3)CCC2)cc1. The number of halogens is 1. The van der Waals surface area contributed by atoms with E-state index in [1.165, 1.54) is 12.1 Å². The summed E-state index contributed by atoms with van der Waals surface area (Å²) in [7, 11) is 1.62. The van der Waals surface area contributed by atoms with Crippen molar-refractivity contribution in [3.8, 4) is 5.75 Å². The smallest absolute Gasteiger partial charge is 0.225 e. The molecule has 1 aliphatic rings. The van der Waals surface area contributed by atoms with Gasteiger partial charge in [-0.25, -0.2) is 4.39 Å². The van der Waals surface area contributed by atoms with Crippen molar-refractivity contribution in [1.29, 1.82) is 0 Å². The number of nitrogens with one attached hydrogen (secondary N) is 1. The highest BCUT2D eigenvalue weighted by Crippen LogP contribution is 2.41. The quantitative estimate of drug-likeness (QED) is 0.916. The topological polar surface area (TPSA) is 38.3 Å². The number of carbonyl (C=O) groups is 1. The molecule has 1 fully saturated rings. The Morgan fingerprint density at radius 2 is 1.78 bits per heavy atom. The van der Waals surface area contributed by atoms with Gasteiger partial charge in [0.2, 0.25) is 5.91 Å². The lowest BCUT2D eigenvalue weighted by atomic mass is 9.71. The molecular weight excluding hydrogens is 293 g/mol. The number of hydrogen-bond acceptors (Lipinski definition) is 2. The molecule has 0 spiro atoms. The first-order chi connectivity index (χ1) is 11.1. The third-order valence-electron chi connectivity index (χ3n) is 4.51. The first-order valence-corrected chi connectivity index (χ1v) is 7.81. The van der Waals surface area contributed by atoms with Crippen molar-refractivity contribution in [1.82, 2.24) is 5.32 Å². The molecule has 0 saturated heterocycles. The molecule has 3 nitrogen and oxygen atoms in total. The van der Waals surface area contributed by atoms with E-state index in [-0.39, 0.29) is 17.3 Å². The van der Waals surface area contributed by atoms with Crippen molar-refractivity contribution in [3.05, 3.63) is 65.5 Å². The molecule has 23 heavy (non-hydrogen) atoms. The van der Waals surface area contributed by atoms with E-state index in [4.69, 9.17) is 4.74 Å². The van der Waals surface area contributed by atoms with Crippen LogP contribution in [-0.2, 0) is 16.8 Å². The predicted molar refractivity (Wildman–Crippen MR) is 86.8 cm³/mol. The maximum Gasteiger partial charge on any atom is 0.225 e. The molecule has 2 aromatic carbocycles. The summed E-state index contributed by atoms with van der Waals surface area (Å²) >= 11 is 0. The molecular formula is C19H20FNO2. The zero-order valence-electron chi connectivity index (χ0n) is 13.1. The fourth-order valence-electron chi connectivity index (χ4n) is 3.02. The van der Waals surface area contributed by atoms with Gasteiger partial charge in [0, 0.05) is 0 Å². The second-order valence-electron chi connectivity index (χ2n) is 6.02. The molecule has 1 N–H and O–H groups in total. The van der Waals surface area contributed by atoms with Crippen LogP contribution in [0, 0.1) is 5.82 Å². The van der Waals surface area contributed by atoms with Crippen molar-refractivity contribution in [3.63, 3.8) is 0 Å². The molecule has 120 valence electrons. The number of methoxy groups -OCH3 is 1. The Morgan fingerprint density at radius 3 is 2.30 bits per heavy atom. The van der Waals surface area contributed by atoms with Crippen LogP contribution in [0.5, 0.6) is 5.75 Å². The first-order valence-electron chi connectivity index (χ1n) is 7.81. The van der Waals surface area contributed by atoms with Gasteiger partial charge in [-0.3, -0.25) is 4.79 Å². The summed E-state index contributed by atoms with van der Waals surface area (Å²) in [5.74, 6) is 0.503. The van der Waals surface area contributed by atoms with E-state index in [9.17, 15) is 9.18 Å². The highest BCUT2D eigenvalue weighted by molar-refractivity contribution is 5.79. The Bertz CT molecular complexity index is 676. The molecule has 3 rings (SSSR count). The van der Waals surface area contributed by atoms with Crippen molar-refractivity contribution >= 4 is 5.91 Å². The molecule has 0 aromatic heterocycles. The average molecular weight is 313 g/mol. The summed E-state index contributed by atoms with van der Waals surface area (Å²) in [5.41, 5.74) is 1.59. The number of carbonyl (C=O) groups excluding carboxylic acids is 1. The second kappa shape index (κ2) is 6.41. The van der Waals surface area contributed by atoms with Crippen LogP contribution < -0.4 is 10.1 Å². The summed E-state index contributed by atoms with van der Waals surface area (Å²) in [5, 5.41) is 3.15. The molecule has 0 atom stereocenters. The zero-order valence-corrected chi connectivity index (χ0v) is 13.1. The monoisotopic (exact) mass is 313 g/mol. The van der Waals surface area contributed by atoms with Crippen LogP contribution in [0.3, 0.4) is 0 Å². The van der Waals surface area contributed by atoms with E-state index in [0.29, 0.717) is 6.42 Å². The molecule has 0 radical (unpaired) electrons. The molecule has 4 heteroatoms. The van der Waals surface area contributed by atoms with Crippen LogP contribution in [0.15, 0.2) is 48.5 Å². The largest absolute Gasteiger partial charge is 0.497 e. The lowest BCUT2D eigenvalue weighted by Crippen LogP contribution is -2.51. The molecule has 0 bridgehead atoms. The fraction of sp³-hybridized carbons (Fsp3) is 0.316. The Kier molecular flexibility index (Phi) is 4.33. The van der Waals surface area contributed by atoms with Crippen molar-refractivity contribution < 1.29 is 13.9 Å². The van der Waals surface area contributed by atoms with Crippen molar-refractivity contribution in [2.24, 2.45) is 0 Å². The van der Waals surface area contributed by atoms with Crippen molar-refractivity contribution in [2.45, 2.75) is 31.2 Å². The summed E-state index contributed by atoms with van der Waals surface area (Å²) in [4.78, 5) is 12.4. The maximum atomic E-state index is 13.1. The van der Waals surface area contributed by atoms with E-state index in [0.717, 1.165) is 36.1 Å². The molecule has 2 aromatic rings. The zero-order chi connectivity index (χ0) is 16.3. The van der Waals surface area contributed by atoms with Gasteiger partial charge in [-0.2, -0.15) is 0 Å². The van der Waals surface area contributed by atoms with Crippen LogP contribution in [-0.4, -0.2) is 13.0 Å². The third kappa shape index (κ3) is 3.36. The van der Waals surface area contributed by atoms with Gasteiger partial charge in [0.05, 0.1) is 19.1 Å². The van der Waals surface area contributed by atoms with Gasteiger partial charge in [0.25, 0.3) is 0 Å². The molecule has 0 heterocycles. The highest BCUT2D eigenvalue weighted by Gasteiger charge is 2.39. The average Bonchev–Trinajstić information content (AvgIpc) is 2.53. The second-order valence-corrected chi connectivity index (χ2v) is 6.02. The normalized spacial score (nSPS) is 15.6. The van der Waals surface area contributed by atoms with Gasteiger partial charge in [0.1, 0.15) is 11.6 Å². The number of benzene rings is 2. The Hall–Kier alpha value is -2.36. The minimum absolute atomic E-state index is 0.0146. The lowest BCUT2D eigenvalue weighted by Gasteiger charge is -2.43. The van der Waals surface area contributed by atoms with Crippen LogP contribution in [0.2, 0.25) is 0 Å². The van der Waals surface area contributed by atoms with E-state index >= 15 is 0 Å². The minimum atomic E-state index is -0.336. The number of hydrogen-bond donors (Lipinski definition) is 1. The van der Waals surface area contributed by atoms with E-state index in [1.807, 2.05) is 24.3 Å². The predicted octanol–water partition coefficient (Wildman–Crippen LogP) is 3.57. The molecule has 1 aliphatic carbocycles. The summed E-state index contributed by atoms with van der Waals surface area (Å²) < 4.78 is 18.2. The van der Waals surface area contributed by atoms with Gasteiger partial charge in [0.15, 0.2) is 0 Å². The van der Waals surface area contributed by atoms with Gasteiger partial charge < -0.3 is 10.1 Å². The lowest BCUT2D eigenvalue weighted by molar-refractivity contribution is -0.123. The summed E-state index contributed by atoms with van der Waals surface area (Å²) in [6.07, 6.45) is 3.19. The van der Waals surface area contributed by atoms with Gasteiger partial charge in [-0.05, 0) is 54.7 Å². The fourth-order valence-corrected chi connectivity index (χ4v) is 3.02. The molecule has 0 aliphatic heterocycles. The van der Waals surface area contributed by atoms with Crippen LogP contribution in [0.1, 0.15) is 30.4 Å². The van der Waals surface area contributed by atoms with Gasteiger partial charge in [-0.1, -0.05) is 24.3 Å². The Balaban J connectivity index is 1.68. The van der Waals surface area contributed by atoms with Gasteiger partial charge >= 0.3 is 0 Å². The third-order valence-corrected chi connectivity index (χ3v) is 4.51. The number of ether oxygens (including phenoxy) is 1. The van der Waals surface area contributed by atoms with E-state index in [1.54, 1.807) is 19.2 Å². The summed E-state index contributed by atoms with van der Waals surface area (Å²) in [6.45, 7) is 0. The Morgan fingerprint density at radius 1 is 1.13 bits per heavy atom. The van der Waals surface area contributed by atoms with Crippen molar-refractivity contribution in [2.75, 3.05) is 7.11 Å². The minimum Gasteiger partial charge on any atom is -0.497 e. The standard InChI is InChI=1S/C19H20FNO2/c1-23-17-9-3-14(4-10-17)13-18(22)21-19(11-2-12-19)15-5-7-16(20)8-6-15/h3-10H,2,11-13H2,1H3,(H,21,22). The van der Waals surface area contributed by atoms with Crippen LogP contribution >= 0.6 is 0 Å². The molecule has 1 amide bonds. The maximum absolute atomic E-state index is 13.1. The van der Waals surface area contributed by atoms with Gasteiger partial charge in [-0.15, -0.1) is 0 Å². The van der Waals surface area contributed by atoms with Crippen LogP contribution in [0.4, 0.5) is 4.39 Å². The summed E-state index contributed by atoms with van der Waals surface area (Å²) in [6, 6.07) is 13.9. The van der Waals surface area contributed by atoms with Crippen LogP contribution in [0.25, 0.3) is 0 Å². The number of amides is 1. The highest BCUT2D eigenvalue weighted by atomic mass is 19.1. The first kappa shape index (κ1) is 15.5.